The fraction of sp³-hybridized carbons (Fsp3) is 0.190. The molecular weight excluding hydrogens is 532 g/mol. The van der Waals surface area contributed by atoms with Crippen LogP contribution in [0.15, 0.2) is 133 Å². The van der Waals surface area contributed by atoms with Gasteiger partial charge in [-0.15, -0.1) is 0 Å². The first kappa shape index (κ1) is 22.7. The van der Waals surface area contributed by atoms with Crippen LogP contribution in [0.25, 0.3) is 56.2 Å². The lowest BCUT2D eigenvalue weighted by molar-refractivity contribution is 0.188. The summed E-state index contributed by atoms with van der Waals surface area (Å²) in [6.07, 6.45) is -3.10. The van der Waals surface area contributed by atoms with E-state index in [1.165, 1.54) is 0 Å². The Kier molecular flexibility index (Phi) is 5.37. The molecule has 0 aliphatic heterocycles. The van der Waals surface area contributed by atoms with Crippen LogP contribution in [-0.2, 0) is 5.41 Å². The molecule has 214 valence electrons. The molecule has 1 aromatic heterocycles. The Morgan fingerprint density at radius 3 is 1.73 bits per heavy atom. The first-order chi connectivity index (χ1) is 23.0. The molecule has 0 bridgehead atoms. The van der Waals surface area contributed by atoms with Crippen molar-refractivity contribution < 1.29 is 5.48 Å². The van der Waals surface area contributed by atoms with Gasteiger partial charge < -0.3 is 0 Å². The maximum Gasteiger partial charge on any atom is 0.160 e. The zero-order chi connectivity index (χ0) is 33.3. The van der Waals surface area contributed by atoms with Gasteiger partial charge >= 0.3 is 0 Å². The van der Waals surface area contributed by atoms with E-state index in [4.69, 9.17) is 9.97 Å². The van der Waals surface area contributed by atoms with E-state index in [1.807, 2.05) is 105 Å². The largest absolute Gasteiger partial charge is 0.228 e. The van der Waals surface area contributed by atoms with Crippen molar-refractivity contribution in [1.82, 2.24) is 9.97 Å². The van der Waals surface area contributed by atoms with Crippen molar-refractivity contribution in [2.75, 3.05) is 0 Å². The van der Waals surface area contributed by atoms with Gasteiger partial charge in [-0.05, 0) is 82.6 Å². The number of fused-ring (bicyclic) bond motifs is 5. The second kappa shape index (κ2) is 10.4. The summed E-state index contributed by atoms with van der Waals surface area (Å²) < 4.78 is 38.2. The minimum atomic E-state index is -1.82. The molecule has 2 aliphatic rings. The molecule has 44 heavy (non-hydrogen) atoms. The minimum absolute atomic E-state index is 0.270. The Bertz CT molecular complexity index is 2100. The molecule has 0 amide bonds. The molecule has 1 spiro atoms. The van der Waals surface area contributed by atoms with E-state index in [2.05, 4.69) is 42.5 Å². The summed E-state index contributed by atoms with van der Waals surface area (Å²) in [5, 5.41) is 0. The van der Waals surface area contributed by atoms with Gasteiger partial charge in [0.05, 0.1) is 11.4 Å². The topological polar surface area (TPSA) is 25.8 Å². The number of aromatic nitrogens is 2. The molecule has 2 heteroatoms. The molecule has 2 aliphatic carbocycles. The standard InChI is InChI=1S/C42H36N2/c1-41(2)22-24-42(25-23-41)36-19-10-9-18-34(36)35-21-20-32(27-37(35)42)31-16-11-17-33(26-31)40-43-38(29-12-5-3-6-13-29)28-39(44-40)30-14-7-4-8-15-30/h3-21,26-28H,22-25H2,1-2H3/i24D2,25D2. The summed E-state index contributed by atoms with van der Waals surface area (Å²) in [6, 6.07) is 44.4. The Labute approximate surface area is 266 Å². The van der Waals surface area contributed by atoms with Crippen LogP contribution < -0.4 is 0 Å². The minimum Gasteiger partial charge on any atom is -0.228 e. The summed E-state index contributed by atoms with van der Waals surface area (Å²) in [5.74, 6) is 0.615. The Morgan fingerprint density at radius 1 is 0.500 bits per heavy atom. The van der Waals surface area contributed by atoms with E-state index in [1.54, 1.807) is 0 Å². The van der Waals surface area contributed by atoms with Gasteiger partial charge in [-0.25, -0.2) is 9.97 Å². The van der Waals surface area contributed by atoms with E-state index in [9.17, 15) is 5.48 Å². The van der Waals surface area contributed by atoms with E-state index < -0.39 is 23.6 Å². The van der Waals surface area contributed by atoms with Gasteiger partial charge in [0.1, 0.15) is 0 Å². The Hall–Kier alpha value is -4.82. The quantitative estimate of drug-likeness (QED) is 0.210. The molecule has 0 unspecified atom stereocenters. The third-order valence-electron chi connectivity index (χ3n) is 9.03. The van der Waals surface area contributed by atoms with Crippen LogP contribution in [0.4, 0.5) is 0 Å². The number of nitrogens with zero attached hydrogens (tertiary/aromatic N) is 2. The van der Waals surface area contributed by atoms with Crippen LogP contribution in [0, 0.1) is 5.41 Å². The lowest BCUT2D eigenvalue weighted by Crippen LogP contribution is -2.34. The summed E-state index contributed by atoms with van der Waals surface area (Å²) in [5.41, 5.74) is 7.79. The second-order valence-corrected chi connectivity index (χ2v) is 12.7. The smallest absolute Gasteiger partial charge is 0.160 e. The predicted molar refractivity (Wildman–Crippen MR) is 182 cm³/mol. The van der Waals surface area contributed by atoms with Crippen LogP contribution in [0.5, 0.6) is 0 Å². The van der Waals surface area contributed by atoms with Crippen molar-refractivity contribution in [1.29, 1.82) is 0 Å². The van der Waals surface area contributed by atoms with Gasteiger partial charge in [-0.1, -0.05) is 129 Å². The van der Waals surface area contributed by atoms with E-state index >= 15 is 0 Å². The van der Waals surface area contributed by atoms with Crippen molar-refractivity contribution in [3.63, 3.8) is 0 Å². The maximum absolute atomic E-state index is 9.56. The van der Waals surface area contributed by atoms with Gasteiger partial charge in [0.25, 0.3) is 0 Å². The van der Waals surface area contributed by atoms with Crippen molar-refractivity contribution in [3.8, 4) is 56.2 Å². The van der Waals surface area contributed by atoms with Crippen molar-refractivity contribution in [2.45, 2.75) is 44.8 Å². The van der Waals surface area contributed by atoms with Gasteiger partial charge in [0.2, 0.25) is 0 Å². The Morgan fingerprint density at radius 2 is 1.05 bits per heavy atom. The monoisotopic (exact) mass is 572 g/mol. The molecular formula is C42H36N2. The lowest BCUT2D eigenvalue weighted by Gasteiger charge is -2.43. The highest BCUT2D eigenvalue weighted by molar-refractivity contribution is 5.84. The summed E-state index contributed by atoms with van der Waals surface area (Å²) >= 11 is 0. The molecule has 0 N–H and O–H groups in total. The first-order valence-electron chi connectivity index (χ1n) is 17.3. The lowest BCUT2D eigenvalue weighted by atomic mass is 9.61. The number of hydrogen-bond acceptors (Lipinski definition) is 2. The fourth-order valence-electron chi connectivity index (χ4n) is 6.64. The number of hydrogen-bond donors (Lipinski definition) is 0. The molecule has 0 saturated heterocycles. The highest BCUT2D eigenvalue weighted by Gasteiger charge is 2.46. The molecule has 1 fully saturated rings. The third kappa shape index (κ3) is 4.57. The summed E-state index contributed by atoms with van der Waals surface area (Å²) in [7, 11) is 0. The molecule has 0 radical (unpaired) electrons. The van der Waals surface area contributed by atoms with Crippen molar-refractivity contribution >= 4 is 0 Å². The molecule has 1 heterocycles. The first-order valence-corrected chi connectivity index (χ1v) is 15.3. The van der Waals surface area contributed by atoms with Crippen LogP contribution in [-0.4, -0.2) is 9.97 Å². The van der Waals surface area contributed by atoms with Gasteiger partial charge in [0, 0.05) is 27.6 Å². The average molecular weight is 573 g/mol. The van der Waals surface area contributed by atoms with Crippen LogP contribution in [0.1, 0.15) is 56.0 Å². The molecule has 1 saturated carbocycles. The van der Waals surface area contributed by atoms with Crippen LogP contribution in [0.2, 0.25) is 0 Å². The molecule has 0 atom stereocenters. The molecule has 6 aromatic rings. The summed E-state index contributed by atoms with van der Waals surface area (Å²) in [4.78, 5) is 10.1. The molecule has 5 aromatic carbocycles. The van der Waals surface area contributed by atoms with Crippen LogP contribution in [0.3, 0.4) is 0 Å². The van der Waals surface area contributed by atoms with Crippen molar-refractivity contribution in [3.05, 3.63) is 145 Å². The van der Waals surface area contributed by atoms with Crippen molar-refractivity contribution in [2.24, 2.45) is 5.41 Å². The molecule has 8 rings (SSSR count). The average Bonchev–Trinajstić information content (AvgIpc) is 3.39. The van der Waals surface area contributed by atoms with E-state index in [-0.39, 0.29) is 12.8 Å². The van der Waals surface area contributed by atoms with Crippen LogP contribution >= 0.6 is 0 Å². The molecule has 2 nitrogen and oxygen atoms in total. The summed E-state index contributed by atoms with van der Waals surface area (Å²) in [6.45, 7) is 3.97. The highest BCUT2D eigenvalue weighted by Crippen LogP contribution is 2.58. The predicted octanol–water partition coefficient (Wildman–Crippen LogP) is 11.0. The zero-order valence-corrected chi connectivity index (χ0v) is 25.0. The zero-order valence-electron chi connectivity index (χ0n) is 29.0. The third-order valence-corrected chi connectivity index (χ3v) is 9.03. The highest BCUT2D eigenvalue weighted by atomic mass is 14.9. The Balaban J connectivity index is 1.28. The van der Waals surface area contributed by atoms with Gasteiger partial charge in [0.15, 0.2) is 5.82 Å². The number of benzene rings is 5. The number of rotatable bonds is 4. The van der Waals surface area contributed by atoms with Gasteiger partial charge in [-0.2, -0.15) is 0 Å². The fourth-order valence-corrected chi connectivity index (χ4v) is 6.64. The SMILES string of the molecule is [2H]C1([2H])CC(C)(C)CC([2H])([2H])C12c1ccccc1-c1ccc(-c3cccc(-c4nc(-c5ccccc5)cc(-c5ccccc5)n4)c3)cc12. The van der Waals surface area contributed by atoms with Gasteiger partial charge in [-0.3, -0.25) is 0 Å². The normalized spacial score (nSPS) is 19.6. The van der Waals surface area contributed by atoms with E-state index in [0.717, 1.165) is 61.5 Å². The maximum atomic E-state index is 9.56. The second-order valence-electron chi connectivity index (χ2n) is 12.7. The van der Waals surface area contributed by atoms with E-state index in [0.29, 0.717) is 5.82 Å².